The zero-order valence-electron chi connectivity index (χ0n) is 11.4. The molecule has 0 spiro atoms. The van der Waals surface area contributed by atoms with E-state index in [2.05, 4.69) is 49.3 Å². The predicted molar refractivity (Wildman–Crippen MR) is 74.9 cm³/mol. The van der Waals surface area contributed by atoms with Gasteiger partial charge in [-0.2, -0.15) is 5.10 Å². The average molecular weight is 243 g/mol. The summed E-state index contributed by atoms with van der Waals surface area (Å²) in [6.07, 6.45) is 1.96. The number of nitrogens with zero attached hydrogens (tertiary/aromatic N) is 2. The molecule has 1 heterocycles. The SMILES string of the molecule is CCc1cc(CC)n(-c2ccc([C@@H](C)N)cc2)n1. The van der Waals surface area contributed by atoms with Crippen LogP contribution >= 0.6 is 0 Å². The second-order valence-electron chi connectivity index (χ2n) is 4.63. The highest BCUT2D eigenvalue weighted by atomic mass is 15.3. The highest BCUT2D eigenvalue weighted by Gasteiger charge is 2.07. The second kappa shape index (κ2) is 5.36. The first-order valence-electron chi connectivity index (χ1n) is 6.59. The summed E-state index contributed by atoms with van der Waals surface area (Å²) in [6.45, 7) is 6.28. The van der Waals surface area contributed by atoms with Crippen LogP contribution in [0.1, 0.15) is 43.8 Å². The molecule has 2 aromatic rings. The third-order valence-electron chi connectivity index (χ3n) is 3.22. The maximum absolute atomic E-state index is 5.86. The molecule has 0 saturated carbocycles. The van der Waals surface area contributed by atoms with Crippen molar-refractivity contribution in [2.45, 2.75) is 39.7 Å². The fourth-order valence-electron chi connectivity index (χ4n) is 2.04. The largest absolute Gasteiger partial charge is 0.324 e. The van der Waals surface area contributed by atoms with Gasteiger partial charge < -0.3 is 5.73 Å². The fraction of sp³-hybridized carbons (Fsp3) is 0.400. The summed E-state index contributed by atoms with van der Waals surface area (Å²) in [5, 5.41) is 4.63. The summed E-state index contributed by atoms with van der Waals surface area (Å²) in [5.41, 5.74) is 10.5. The first-order chi connectivity index (χ1) is 8.65. The summed E-state index contributed by atoms with van der Waals surface area (Å²) < 4.78 is 2.03. The normalized spacial score (nSPS) is 12.7. The van der Waals surface area contributed by atoms with Crippen LogP contribution in [0.2, 0.25) is 0 Å². The lowest BCUT2D eigenvalue weighted by atomic mass is 10.1. The average Bonchev–Trinajstić information content (AvgIpc) is 2.82. The molecule has 3 heteroatoms. The van der Waals surface area contributed by atoms with E-state index in [4.69, 9.17) is 5.73 Å². The van der Waals surface area contributed by atoms with E-state index >= 15 is 0 Å². The van der Waals surface area contributed by atoms with Crippen LogP contribution in [-0.4, -0.2) is 9.78 Å². The molecule has 0 unspecified atom stereocenters. The Morgan fingerprint density at radius 2 is 1.83 bits per heavy atom. The molecular formula is C15H21N3. The van der Waals surface area contributed by atoms with Gasteiger partial charge in [0, 0.05) is 11.7 Å². The minimum absolute atomic E-state index is 0.0773. The minimum Gasteiger partial charge on any atom is -0.324 e. The molecule has 0 aliphatic carbocycles. The first-order valence-corrected chi connectivity index (χ1v) is 6.59. The third kappa shape index (κ3) is 2.46. The van der Waals surface area contributed by atoms with Gasteiger partial charge in [0.1, 0.15) is 0 Å². The molecule has 2 N–H and O–H groups in total. The molecule has 18 heavy (non-hydrogen) atoms. The Bertz CT molecular complexity index is 509. The number of nitrogens with two attached hydrogens (primary N) is 1. The zero-order chi connectivity index (χ0) is 13.1. The van der Waals surface area contributed by atoms with Gasteiger partial charge in [0.05, 0.1) is 11.4 Å². The lowest BCUT2D eigenvalue weighted by Gasteiger charge is -2.09. The lowest BCUT2D eigenvalue weighted by molar-refractivity contribution is 0.787. The van der Waals surface area contributed by atoms with Crippen LogP contribution in [0, 0.1) is 0 Å². The van der Waals surface area contributed by atoms with Crippen LogP contribution in [0.3, 0.4) is 0 Å². The Labute approximate surface area is 109 Å². The van der Waals surface area contributed by atoms with Crippen LogP contribution in [0.4, 0.5) is 0 Å². The lowest BCUT2D eigenvalue weighted by Crippen LogP contribution is -2.06. The highest BCUT2D eigenvalue weighted by Crippen LogP contribution is 2.17. The third-order valence-corrected chi connectivity index (χ3v) is 3.22. The number of aryl methyl sites for hydroxylation is 2. The minimum atomic E-state index is 0.0773. The van der Waals surface area contributed by atoms with Crippen molar-refractivity contribution in [2.24, 2.45) is 5.73 Å². The van der Waals surface area contributed by atoms with E-state index in [-0.39, 0.29) is 6.04 Å². The standard InChI is InChI=1S/C15H21N3/c1-4-13-10-14(5-2)18(17-13)15-8-6-12(7-9-15)11(3)16/h6-11H,4-5,16H2,1-3H3/t11-/m1/s1. The van der Waals surface area contributed by atoms with Crippen molar-refractivity contribution in [3.05, 3.63) is 47.3 Å². The quantitative estimate of drug-likeness (QED) is 0.897. The van der Waals surface area contributed by atoms with Crippen molar-refractivity contribution in [3.8, 4) is 5.69 Å². The number of rotatable bonds is 4. The summed E-state index contributed by atoms with van der Waals surface area (Å²) in [6, 6.07) is 10.6. The van der Waals surface area contributed by atoms with Gasteiger partial charge in [0.15, 0.2) is 0 Å². The Balaban J connectivity index is 2.38. The molecule has 2 rings (SSSR count). The second-order valence-corrected chi connectivity index (χ2v) is 4.63. The Morgan fingerprint density at radius 1 is 1.17 bits per heavy atom. The van der Waals surface area contributed by atoms with Gasteiger partial charge >= 0.3 is 0 Å². The van der Waals surface area contributed by atoms with Crippen molar-refractivity contribution in [2.75, 3.05) is 0 Å². The van der Waals surface area contributed by atoms with Crippen LogP contribution in [0.15, 0.2) is 30.3 Å². The summed E-state index contributed by atoms with van der Waals surface area (Å²) in [7, 11) is 0. The van der Waals surface area contributed by atoms with Gasteiger partial charge in [-0.15, -0.1) is 0 Å². The van der Waals surface area contributed by atoms with Gasteiger partial charge in [-0.05, 0) is 43.5 Å². The summed E-state index contributed by atoms with van der Waals surface area (Å²) in [5.74, 6) is 0. The van der Waals surface area contributed by atoms with E-state index in [1.165, 1.54) is 5.69 Å². The molecule has 1 atom stereocenters. The molecule has 0 bridgehead atoms. The van der Waals surface area contributed by atoms with Crippen LogP contribution < -0.4 is 5.73 Å². The van der Waals surface area contributed by atoms with Crippen LogP contribution in [0.5, 0.6) is 0 Å². The molecule has 0 fully saturated rings. The van der Waals surface area contributed by atoms with E-state index in [1.807, 2.05) is 11.6 Å². The maximum atomic E-state index is 5.86. The maximum Gasteiger partial charge on any atom is 0.0649 e. The smallest absolute Gasteiger partial charge is 0.0649 e. The molecule has 0 radical (unpaired) electrons. The predicted octanol–water partition coefficient (Wildman–Crippen LogP) is 3.02. The molecule has 0 aliphatic rings. The first kappa shape index (κ1) is 12.8. The van der Waals surface area contributed by atoms with Crippen LogP contribution in [0.25, 0.3) is 5.69 Å². The Morgan fingerprint density at radius 3 is 2.33 bits per heavy atom. The van der Waals surface area contributed by atoms with Gasteiger partial charge in [0.25, 0.3) is 0 Å². The molecule has 96 valence electrons. The van der Waals surface area contributed by atoms with Gasteiger partial charge in [-0.3, -0.25) is 0 Å². The monoisotopic (exact) mass is 243 g/mol. The Hall–Kier alpha value is -1.61. The topological polar surface area (TPSA) is 43.8 Å². The van der Waals surface area contributed by atoms with Crippen molar-refractivity contribution in [3.63, 3.8) is 0 Å². The van der Waals surface area contributed by atoms with Crippen molar-refractivity contribution in [1.29, 1.82) is 0 Å². The molecule has 1 aromatic carbocycles. The van der Waals surface area contributed by atoms with E-state index < -0.39 is 0 Å². The van der Waals surface area contributed by atoms with Crippen LogP contribution in [-0.2, 0) is 12.8 Å². The van der Waals surface area contributed by atoms with Crippen molar-refractivity contribution < 1.29 is 0 Å². The number of aromatic nitrogens is 2. The molecule has 3 nitrogen and oxygen atoms in total. The molecular weight excluding hydrogens is 222 g/mol. The summed E-state index contributed by atoms with van der Waals surface area (Å²) >= 11 is 0. The summed E-state index contributed by atoms with van der Waals surface area (Å²) in [4.78, 5) is 0. The number of hydrogen-bond acceptors (Lipinski definition) is 2. The van der Waals surface area contributed by atoms with E-state index in [1.54, 1.807) is 0 Å². The fourth-order valence-corrected chi connectivity index (χ4v) is 2.04. The van der Waals surface area contributed by atoms with E-state index in [0.717, 1.165) is 29.8 Å². The molecule has 0 amide bonds. The van der Waals surface area contributed by atoms with Gasteiger partial charge in [-0.25, -0.2) is 4.68 Å². The Kier molecular flexibility index (Phi) is 3.82. The number of hydrogen-bond donors (Lipinski definition) is 1. The molecule has 0 saturated heterocycles. The molecule has 1 aromatic heterocycles. The van der Waals surface area contributed by atoms with Crippen molar-refractivity contribution >= 4 is 0 Å². The zero-order valence-corrected chi connectivity index (χ0v) is 11.4. The number of benzene rings is 1. The van der Waals surface area contributed by atoms with E-state index in [9.17, 15) is 0 Å². The van der Waals surface area contributed by atoms with Gasteiger partial charge in [0.2, 0.25) is 0 Å². The molecule has 0 aliphatic heterocycles. The van der Waals surface area contributed by atoms with Gasteiger partial charge in [-0.1, -0.05) is 26.0 Å². The highest BCUT2D eigenvalue weighted by molar-refractivity contribution is 5.37. The van der Waals surface area contributed by atoms with E-state index in [0.29, 0.717) is 0 Å². The van der Waals surface area contributed by atoms with Crippen molar-refractivity contribution in [1.82, 2.24) is 9.78 Å².